The molecule has 11 heteroatoms. The lowest BCUT2D eigenvalue weighted by atomic mass is 10.0. The van der Waals surface area contributed by atoms with Crippen LogP contribution in [-0.4, -0.2) is 31.9 Å². The quantitative estimate of drug-likeness (QED) is 0.493. The molecule has 1 aliphatic heterocycles. The molecule has 1 saturated heterocycles. The van der Waals surface area contributed by atoms with E-state index < -0.39 is 10.0 Å². The highest BCUT2D eigenvalue weighted by Crippen LogP contribution is 2.45. The van der Waals surface area contributed by atoms with Crippen LogP contribution in [0.5, 0.6) is 5.75 Å². The lowest BCUT2D eigenvalue weighted by molar-refractivity contribution is 0.417. The second-order valence-corrected chi connectivity index (χ2v) is 10.8. The Morgan fingerprint density at radius 1 is 1.26 bits per heavy atom. The number of aromatic nitrogens is 1. The van der Waals surface area contributed by atoms with E-state index in [4.69, 9.17) is 28.6 Å². The van der Waals surface area contributed by atoms with Gasteiger partial charge in [0.25, 0.3) is 0 Å². The number of anilines is 2. The molecule has 2 aromatic heterocycles. The van der Waals surface area contributed by atoms with Gasteiger partial charge >= 0.3 is 0 Å². The van der Waals surface area contributed by atoms with Crippen LogP contribution in [0, 0.1) is 0 Å². The molecule has 31 heavy (non-hydrogen) atoms. The lowest BCUT2D eigenvalue weighted by Crippen LogP contribution is -2.29. The number of thiophene rings is 1. The van der Waals surface area contributed by atoms with Gasteiger partial charge < -0.3 is 15.0 Å². The largest absolute Gasteiger partial charge is 0.495 e. The number of hydrogen-bond acceptors (Lipinski definition) is 6. The Balaban J connectivity index is 1.82. The van der Waals surface area contributed by atoms with Crippen molar-refractivity contribution >= 4 is 61.7 Å². The third-order valence-electron chi connectivity index (χ3n) is 4.74. The standard InChI is InChI=1S/C20H19ClN4O3S3/c1-28-15-7-6-12(11-14(15)24-31(2,26)27)25-19(16-8-9-17(21)30-16)18(23-20(25)29)13-5-3-4-10-22-13/h3-11,18-19,24H,1-2H3,(H,23,29)/t18-,19-/m1/s1. The van der Waals surface area contributed by atoms with Crippen LogP contribution in [0.4, 0.5) is 11.4 Å². The number of pyridine rings is 1. The molecular formula is C20H19ClN4O3S3. The maximum Gasteiger partial charge on any atom is 0.229 e. The predicted octanol–water partition coefficient (Wildman–Crippen LogP) is 4.35. The van der Waals surface area contributed by atoms with Gasteiger partial charge in [-0.2, -0.15) is 0 Å². The molecule has 1 aromatic carbocycles. The lowest BCUT2D eigenvalue weighted by Gasteiger charge is -2.27. The zero-order valence-electron chi connectivity index (χ0n) is 16.6. The van der Waals surface area contributed by atoms with E-state index >= 15 is 0 Å². The number of methoxy groups -OCH3 is 1. The van der Waals surface area contributed by atoms with Crippen LogP contribution in [0.15, 0.2) is 54.7 Å². The van der Waals surface area contributed by atoms with E-state index in [1.165, 1.54) is 18.4 Å². The van der Waals surface area contributed by atoms with Crippen molar-refractivity contribution in [3.8, 4) is 5.75 Å². The van der Waals surface area contributed by atoms with Gasteiger partial charge in [-0.1, -0.05) is 17.7 Å². The van der Waals surface area contributed by atoms with Gasteiger partial charge in [0, 0.05) is 16.8 Å². The van der Waals surface area contributed by atoms with E-state index in [2.05, 4.69) is 15.0 Å². The normalized spacial score (nSPS) is 18.7. The Morgan fingerprint density at radius 2 is 2.06 bits per heavy atom. The minimum Gasteiger partial charge on any atom is -0.495 e. The highest BCUT2D eigenvalue weighted by Gasteiger charge is 2.41. The summed E-state index contributed by atoms with van der Waals surface area (Å²) in [5.41, 5.74) is 1.87. The van der Waals surface area contributed by atoms with Gasteiger partial charge in [0.2, 0.25) is 10.0 Å². The summed E-state index contributed by atoms with van der Waals surface area (Å²) in [6.07, 6.45) is 2.83. The van der Waals surface area contributed by atoms with Crippen molar-refractivity contribution < 1.29 is 13.2 Å². The molecule has 1 aliphatic rings. The molecule has 0 spiro atoms. The summed E-state index contributed by atoms with van der Waals surface area (Å²) in [6, 6.07) is 14.4. The Bertz CT molecular complexity index is 1220. The molecule has 0 radical (unpaired) electrons. The van der Waals surface area contributed by atoms with Gasteiger partial charge in [0.05, 0.1) is 41.2 Å². The molecule has 2 N–H and O–H groups in total. The van der Waals surface area contributed by atoms with Gasteiger partial charge in [0.1, 0.15) is 5.75 Å². The Hall–Kier alpha value is -2.40. The number of halogens is 1. The first-order valence-electron chi connectivity index (χ1n) is 9.18. The van der Waals surface area contributed by atoms with Crippen LogP contribution in [0.2, 0.25) is 4.34 Å². The van der Waals surface area contributed by atoms with Gasteiger partial charge in [-0.25, -0.2) is 8.42 Å². The first kappa shape index (κ1) is 21.8. The van der Waals surface area contributed by atoms with Crippen LogP contribution >= 0.6 is 35.2 Å². The zero-order chi connectivity index (χ0) is 22.2. The van der Waals surface area contributed by atoms with E-state index in [1.807, 2.05) is 41.3 Å². The number of thiocarbonyl (C=S) groups is 1. The van der Waals surface area contributed by atoms with Crippen LogP contribution in [-0.2, 0) is 10.0 Å². The van der Waals surface area contributed by atoms with E-state index in [9.17, 15) is 8.42 Å². The van der Waals surface area contributed by atoms with Crippen molar-refractivity contribution in [2.45, 2.75) is 12.1 Å². The predicted molar refractivity (Wildman–Crippen MR) is 129 cm³/mol. The molecule has 0 amide bonds. The zero-order valence-corrected chi connectivity index (χ0v) is 19.8. The molecule has 1 fully saturated rings. The Kier molecular flexibility index (Phi) is 6.07. The highest BCUT2D eigenvalue weighted by atomic mass is 35.5. The first-order chi connectivity index (χ1) is 14.8. The minimum atomic E-state index is -3.50. The number of hydrogen-bond donors (Lipinski definition) is 2. The fourth-order valence-electron chi connectivity index (χ4n) is 3.53. The Morgan fingerprint density at radius 3 is 2.68 bits per heavy atom. The van der Waals surface area contributed by atoms with E-state index in [1.54, 1.807) is 18.3 Å². The van der Waals surface area contributed by atoms with E-state index in [-0.39, 0.29) is 12.1 Å². The molecule has 0 saturated carbocycles. The van der Waals surface area contributed by atoms with Gasteiger partial charge in [-0.3, -0.25) is 9.71 Å². The van der Waals surface area contributed by atoms with Gasteiger partial charge in [0.15, 0.2) is 5.11 Å². The molecule has 162 valence electrons. The number of rotatable bonds is 6. The summed E-state index contributed by atoms with van der Waals surface area (Å²) in [4.78, 5) is 7.46. The van der Waals surface area contributed by atoms with Crippen molar-refractivity contribution in [3.63, 3.8) is 0 Å². The van der Waals surface area contributed by atoms with Crippen molar-refractivity contribution in [3.05, 3.63) is 69.6 Å². The van der Waals surface area contributed by atoms with E-state index in [0.717, 1.165) is 16.8 Å². The molecular weight excluding hydrogens is 476 g/mol. The molecule has 3 heterocycles. The maximum atomic E-state index is 11.9. The van der Waals surface area contributed by atoms with Crippen molar-refractivity contribution in [1.82, 2.24) is 10.3 Å². The van der Waals surface area contributed by atoms with Crippen LogP contribution < -0.4 is 19.7 Å². The average Bonchev–Trinajstić information content (AvgIpc) is 3.30. The number of nitrogens with zero attached hydrogens (tertiary/aromatic N) is 2. The first-order valence-corrected chi connectivity index (χ1v) is 12.7. The van der Waals surface area contributed by atoms with Crippen molar-refractivity contribution in [2.75, 3.05) is 23.0 Å². The van der Waals surface area contributed by atoms with Crippen molar-refractivity contribution in [2.24, 2.45) is 0 Å². The molecule has 3 aromatic rings. The van der Waals surface area contributed by atoms with Crippen LogP contribution in [0.25, 0.3) is 0 Å². The number of ether oxygens (including phenoxy) is 1. The molecule has 2 atom stereocenters. The number of sulfonamides is 1. The molecule has 4 rings (SSSR count). The summed E-state index contributed by atoms with van der Waals surface area (Å²) >= 11 is 13.4. The highest BCUT2D eigenvalue weighted by molar-refractivity contribution is 7.92. The topological polar surface area (TPSA) is 83.6 Å². The molecule has 7 nitrogen and oxygen atoms in total. The monoisotopic (exact) mass is 494 g/mol. The number of benzene rings is 1. The van der Waals surface area contributed by atoms with Crippen LogP contribution in [0.3, 0.4) is 0 Å². The smallest absolute Gasteiger partial charge is 0.229 e. The van der Waals surface area contributed by atoms with E-state index in [0.29, 0.717) is 26.6 Å². The van der Waals surface area contributed by atoms with Crippen molar-refractivity contribution in [1.29, 1.82) is 0 Å². The van der Waals surface area contributed by atoms with Gasteiger partial charge in [-0.05, 0) is 54.7 Å². The van der Waals surface area contributed by atoms with Crippen LogP contribution in [0.1, 0.15) is 22.7 Å². The SMILES string of the molecule is COc1ccc(N2C(=S)N[C@H](c3ccccn3)[C@H]2c2ccc(Cl)s2)cc1NS(C)(=O)=O. The average molecular weight is 495 g/mol. The Labute approximate surface area is 195 Å². The summed E-state index contributed by atoms with van der Waals surface area (Å²) in [5.74, 6) is 0.407. The summed E-state index contributed by atoms with van der Waals surface area (Å²) < 4.78 is 32.2. The number of nitrogens with one attached hydrogen (secondary N) is 2. The second-order valence-electron chi connectivity index (χ2n) is 6.90. The fourth-order valence-corrected chi connectivity index (χ4v) is 5.63. The maximum absolute atomic E-state index is 11.9. The molecule has 0 aliphatic carbocycles. The minimum absolute atomic E-state index is 0.211. The fraction of sp³-hybridized carbons (Fsp3) is 0.200. The molecule has 0 unspecified atom stereocenters. The summed E-state index contributed by atoms with van der Waals surface area (Å²) in [6.45, 7) is 0. The second kappa shape index (κ2) is 8.62. The summed E-state index contributed by atoms with van der Waals surface area (Å²) in [5, 5.41) is 3.86. The summed E-state index contributed by atoms with van der Waals surface area (Å²) in [7, 11) is -2.02. The molecule has 0 bridgehead atoms. The third-order valence-corrected chi connectivity index (χ3v) is 6.95. The van der Waals surface area contributed by atoms with Gasteiger partial charge in [-0.15, -0.1) is 11.3 Å². The third kappa shape index (κ3) is 4.62.